The SMILES string of the molecule is CCC(C)c1ccccc1OCC(=O)NNC(=O)C(C)Oc1ccc(F)cc1. The smallest absolute Gasteiger partial charge is 0.279 e. The predicted octanol–water partition coefficient (Wildman–Crippen LogP) is 3.33. The van der Waals surface area contributed by atoms with E-state index in [-0.39, 0.29) is 6.61 Å². The molecule has 150 valence electrons. The summed E-state index contributed by atoms with van der Waals surface area (Å²) in [6.07, 6.45) is 0.0759. The number of hydrogen-bond acceptors (Lipinski definition) is 4. The van der Waals surface area contributed by atoms with Crippen LogP contribution in [0, 0.1) is 5.82 Å². The van der Waals surface area contributed by atoms with Gasteiger partial charge in [0.2, 0.25) is 0 Å². The third-order valence-electron chi connectivity index (χ3n) is 4.24. The summed E-state index contributed by atoms with van der Waals surface area (Å²) in [7, 11) is 0. The number of hydrazine groups is 1. The number of amides is 2. The van der Waals surface area contributed by atoms with Crippen LogP contribution < -0.4 is 20.3 Å². The molecule has 0 saturated heterocycles. The van der Waals surface area contributed by atoms with Gasteiger partial charge in [-0.05, 0) is 55.2 Å². The summed E-state index contributed by atoms with van der Waals surface area (Å²) in [6.45, 7) is 5.45. The summed E-state index contributed by atoms with van der Waals surface area (Å²) in [5.41, 5.74) is 5.60. The highest BCUT2D eigenvalue weighted by molar-refractivity contribution is 5.85. The lowest BCUT2D eigenvalue weighted by molar-refractivity contribution is -0.133. The zero-order valence-electron chi connectivity index (χ0n) is 16.2. The van der Waals surface area contributed by atoms with E-state index < -0.39 is 23.7 Å². The number of ether oxygens (including phenoxy) is 2. The number of hydrogen-bond donors (Lipinski definition) is 2. The topological polar surface area (TPSA) is 76.7 Å². The lowest BCUT2D eigenvalue weighted by Crippen LogP contribution is -2.48. The van der Waals surface area contributed by atoms with Crippen molar-refractivity contribution in [1.82, 2.24) is 10.9 Å². The third kappa shape index (κ3) is 6.26. The Morgan fingerprint density at radius 1 is 1.04 bits per heavy atom. The van der Waals surface area contributed by atoms with Crippen molar-refractivity contribution in [2.24, 2.45) is 0 Å². The van der Waals surface area contributed by atoms with Gasteiger partial charge in [0.15, 0.2) is 12.7 Å². The molecule has 0 aliphatic carbocycles. The molecule has 0 heterocycles. The first kappa shape index (κ1) is 21.2. The van der Waals surface area contributed by atoms with Crippen molar-refractivity contribution in [3.8, 4) is 11.5 Å². The van der Waals surface area contributed by atoms with E-state index in [1.807, 2.05) is 24.3 Å². The van der Waals surface area contributed by atoms with Crippen LogP contribution in [0.1, 0.15) is 38.7 Å². The van der Waals surface area contributed by atoms with E-state index in [1.54, 1.807) is 0 Å². The second kappa shape index (κ2) is 10.3. The summed E-state index contributed by atoms with van der Waals surface area (Å²) in [5.74, 6) is -0.138. The number of carbonyl (C=O) groups is 2. The van der Waals surface area contributed by atoms with E-state index in [0.717, 1.165) is 12.0 Å². The number of nitrogens with one attached hydrogen (secondary N) is 2. The highest BCUT2D eigenvalue weighted by Gasteiger charge is 2.16. The zero-order chi connectivity index (χ0) is 20.5. The van der Waals surface area contributed by atoms with Gasteiger partial charge >= 0.3 is 0 Å². The number of carbonyl (C=O) groups excluding carboxylic acids is 2. The summed E-state index contributed by atoms with van der Waals surface area (Å²) in [5, 5.41) is 0. The first-order chi connectivity index (χ1) is 13.4. The van der Waals surface area contributed by atoms with Crippen LogP contribution in [0.15, 0.2) is 48.5 Å². The predicted molar refractivity (Wildman–Crippen MR) is 103 cm³/mol. The maximum absolute atomic E-state index is 12.9. The molecule has 0 aliphatic heterocycles. The molecule has 0 fully saturated rings. The summed E-state index contributed by atoms with van der Waals surface area (Å²) in [4.78, 5) is 24.0. The first-order valence-electron chi connectivity index (χ1n) is 9.13. The van der Waals surface area contributed by atoms with E-state index in [2.05, 4.69) is 24.7 Å². The minimum Gasteiger partial charge on any atom is -0.483 e. The van der Waals surface area contributed by atoms with Crippen molar-refractivity contribution in [3.05, 3.63) is 59.9 Å². The Bertz CT molecular complexity index is 795. The molecule has 6 nitrogen and oxygen atoms in total. The van der Waals surface area contributed by atoms with Crippen molar-refractivity contribution in [1.29, 1.82) is 0 Å². The molecule has 0 aromatic heterocycles. The molecule has 2 rings (SSSR count). The molecular weight excluding hydrogens is 363 g/mol. The molecule has 2 aromatic rings. The highest BCUT2D eigenvalue weighted by atomic mass is 19.1. The molecule has 7 heteroatoms. The Kier molecular flexibility index (Phi) is 7.80. The van der Waals surface area contributed by atoms with Crippen LogP contribution in [0.4, 0.5) is 4.39 Å². The van der Waals surface area contributed by atoms with Crippen molar-refractivity contribution < 1.29 is 23.5 Å². The van der Waals surface area contributed by atoms with E-state index in [9.17, 15) is 14.0 Å². The van der Waals surface area contributed by atoms with Crippen molar-refractivity contribution in [3.63, 3.8) is 0 Å². The molecule has 2 aromatic carbocycles. The molecule has 2 N–H and O–H groups in total. The molecule has 0 bridgehead atoms. The summed E-state index contributed by atoms with van der Waals surface area (Å²) < 4.78 is 23.9. The van der Waals surface area contributed by atoms with Crippen molar-refractivity contribution in [2.45, 2.75) is 39.2 Å². The largest absolute Gasteiger partial charge is 0.483 e. The number of rotatable bonds is 8. The average Bonchev–Trinajstić information content (AvgIpc) is 2.71. The third-order valence-corrected chi connectivity index (χ3v) is 4.24. The second-order valence-corrected chi connectivity index (χ2v) is 6.39. The molecular formula is C21H25FN2O4. The van der Waals surface area contributed by atoms with Crippen LogP contribution in [-0.2, 0) is 9.59 Å². The van der Waals surface area contributed by atoms with Crippen LogP contribution in [0.5, 0.6) is 11.5 Å². The first-order valence-corrected chi connectivity index (χ1v) is 9.13. The van der Waals surface area contributed by atoms with Gasteiger partial charge in [-0.1, -0.05) is 32.0 Å². The van der Waals surface area contributed by atoms with E-state index in [1.165, 1.54) is 31.2 Å². The molecule has 28 heavy (non-hydrogen) atoms. The molecule has 0 radical (unpaired) electrons. The van der Waals surface area contributed by atoms with Crippen molar-refractivity contribution in [2.75, 3.05) is 6.61 Å². The minimum absolute atomic E-state index is 0.235. The quantitative estimate of drug-likeness (QED) is 0.680. The normalized spacial score (nSPS) is 12.6. The van der Waals surface area contributed by atoms with Gasteiger partial charge < -0.3 is 9.47 Å². The fraction of sp³-hybridized carbons (Fsp3) is 0.333. The lowest BCUT2D eigenvalue weighted by atomic mass is 9.98. The van der Waals surface area contributed by atoms with Gasteiger partial charge in [-0.15, -0.1) is 0 Å². The van der Waals surface area contributed by atoms with Crippen LogP contribution in [0.2, 0.25) is 0 Å². The highest BCUT2D eigenvalue weighted by Crippen LogP contribution is 2.28. The summed E-state index contributed by atoms with van der Waals surface area (Å²) >= 11 is 0. The average molecular weight is 388 g/mol. The minimum atomic E-state index is -0.877. The lowest BCUT2D eigenvalue weighted by Gasteiger charge is -2.17. The molecule has 2 unspecified atom stereocenters. The van der Waals surface area contributed by atoms with Gasteiger partial charge in [0.25, 0.3) is 11.8 Å². The standard InChI is InChI=1S/C21H25FN2O4/c1-4-14(2)18-7-5-6-8-19(18)27-13-20(25)23-24-21(26)15(3)28-17-11-9-16(22)10-12-17/h5-12,14-15H,4,13H2,1-3H3,(H,23,25)(H,24,26). The second-order valence-electron chi connectivity index (χ2n) is 6.39. The molecule has 2 amide bonds. The van der Waals surface area contributed by atoms with Crippen LogP contribution in [0.25, 0.3) is 0 Å². The van der Waals surface area contributed by atoms with Gasteiger partial charge in [0, 0.05) is 0 Å². The van der Waals surface area contributed by atoms with Gasteiger partial charge in [-0.3, -0.25) is 20.4 Å². The maximum atomic E-state index is 12.9. The van der Waals surface area contributed by atoms with Crippen LogP contribution in [0.3, 0.4) is 0 Å². The number of para-hydroxylation sites is 1. The van der Waals surface area contributed by atoms with Crippen LogP contribution >= 0.6 is 0 Å². The number of halogens is 1. The Labute approximate surface area is 164 Å². The van der Waals surface area contributed by atoms with Crippen LogP contribution in [-0.4, -0.2) is 24.5 Å². The summed E-state index contributed by atoms with van der Waals surface area (Å²) in [6, 6.07) is 12.9. The van der Waals surface area contributed by atoms with Gasteiger partial charge in [0.1, 0.15) is 17.3 Å². The molecule has 0 spiro atoms. The Morgan fingerprint density at radius 3 is 2.39 bits per heavy atom. The molecule has 2 atom stereocenters. The fourth-order valence-electron chi connectivity index (χ4n) is 2.42. The van der Waals surface area contributed by atoms with E-state index in [0.29, 0.717) is 17.4 Å². The molecule has 0 aliphatic rings. The molecule has 0 saturated carbocycles. The monoisotopic (exact) mass is 388 g/mol. The zero-order valence-corrected chi connectivity index (χ0v) is 16.2. The van der Waals surface area contributed by atoms with Gasteiger partial charge in [-0.2, -0.15) is 0 Å². The Hall–Kier alpha value is -3.09. The van der Waals surface area contributed by atoms with E-state index in [4.69, 9.17) is 9.47 Å². The Morgan fingerprint density at radius 2 is 1.71 bits per heavy atom. The maximum Gasteiger partial charge on any atom is 0.279 e. The van der Waals surface area contributed by atoms with Gasteiger partial charge in [0.05, 0.1) is 0 Å². The van der Waals surface area contributed by atoms with E-state index >= 15 is 0 Å². The Balaban J connectivity index is 1.79. The number of benzene rings is 2. The fourth-order valence-corrected chi connectivity index (χ4v) is 2.42. The van der Waals surface area contributed by atoms with Crippen molar-refractivity contribution >= 4 is 11.8 Å². The van der Waals surface area contributed by atoms with Gasteiger partial charge in [-0.25, -0.2) is 4.39 Å².